The number of aromatic nitrogens is 1. The van der Waals surface area contributed by atoms with E-state index in [0.717, 1.165) is 50.8 Å². The molecule has 2 rings (SSSR count). The molecule has 158 valence electrons. The van der Waals surface area contributed by atoms with Gasteiger partial charge in [-0.1, -0.05) is 26.7 Å². The summed E-state index contributed by atoms with van der Waals surface area (Å²) in [5, 5.41) is 16.1. The molecule has 0 bridgehead atoms. The van der Waals surface area contributed by atoms with Gasteiger partial charge >= 0.3 is 12.2 Å². The molecule has 2 unspecified atom stereocenters. The number of pyridine rings is 1. The van der Waals surface area contributed by atoms with Gasteiger partial charge in [-0.2, -0.15) is 13.2 Å². The molecule has 1 saturated carbocycles. The fourth-order valence-corrected chi connectivity index (χ4v) is 4.37. The molecule has 2 amide bonds. The Bertz CT molecular complexity index is 646. The van der Waals surface area contributed by atoms with Crippen LogP contribution < -0.4 is 10.6 Å². The predicted octanol–water partition coefficient (Wildman–Crippen LogP) is 4.26. The number of amides is 2. The van der Waals surface area contributed by atoms with Crippen molar-refractivity contribution >= 4 is 6.03 Å². The van der Waals surface area contributed by atoms with Crippen molar-refractivity contribution in [2.75, 3.05) is 6.54 Å². The van der Waals surface area contributed by atoms with Crippen molar-refractivity contribution in [3.05, 3.63) is 29.6 Å². The van der Waals surface area contributed by atoms with E-state index in [0.29, 0.717) is 12.1 Å². The van der Waals surface area contributed by atoms with Crippen LogP contribution in [-0.4, -0.2) is 28.8 Å². The first kappa shape index (κ1) is 22.5. The van der Waals surface area contributed by atoms with Gasteiger partial charge in [0, 0.05) is 25.2 Å². The van der Waals surface area contributed by atoms with E-state index in [1.165, 1.54) is 6.07 Å². The third-order valence-electron chi connectivity index (χ3n) is 5.68. The van der Waals surface area contributed by atoms with Crippen LogP contribution in [0.5, 0.6) is 0 Å². The molecule has 8 heteroatoms. The highest BCUT2D eigenvalue weighted by Crippen LogP contribution is 2.48. The Hall–Kier alpha value is -1.83. The Morgan fingerprint density at radius 2 is 1.96 bits per heavy atom. The van der Waals surface area contributed by atoms with Crippen molar-refractivity contribution in [1.82, 2.24) is 15.6 Å². The topological polar surface area (TPSA) is 74.2 Å². The molecule has 1 aromatic heterocycles. The van der Waals surface area contributed by atoms with E-state index in [2.05, 4.69) is 29.5 Å². The third-order valence-corrected chi connectivity index (χ3v) is 5.68. The number of hydrogen-bond donors (Lipinski definition) is 3. The highest BCUT2D eigenvalue weighted by molar-refractivity contribution is 5.73. The van der Waals surface area contributed by atoms with Gasteiger partial charge in [-0.25, -0.2) is 4.79 Å². The van der Waals surface area contributed by atoms with Crippen molar-refractivity contribution in [2.45, 2.75) is 71.2 Å². The maximum Gasteiger partial charge on any atom is 0.433 e. The number of aliphatic hydroxyl groups is 1. The van der Waals surface area contributed by atoms with Crippen LogP contribution in [0.2, 0.25) is 0 Å². The average Bonchev–Trinajstić information content (AvgIpc) is 2.94. The number of aliphatic hydroxyl groups excluding tert-OH is 1. The van der Waals surface area contributed by atoms with Gasteiger partial charge in [-0.05, 0) is 48.8 Å². The fraction of sp³-hybridized carbons (Fsp3) is 0.700. The quantitative estimate of drug-likeness (QED) is 0.609. The van der Waals surface area contributed by atoms with E-state index in [4.69, 9.17) is 0 Å². The molecule has 1 heterocycles. The summed E-state index contributed by atoms with van der Waals surface area (Å²) in [6, 6.07) is 1.89. The standard InChI is InChI=1S/C20H30F3N3O2/c1-3-7-19(8-4-2)9-5-15(17(19)27)13-26-18(28)25-12-14-6-10-24-16(11-14)20(21,22)23/h6,10-11,15,17,27H,3-5,7-9,12-13H2,1-2H3,(H2,25,26,28). The number of carbonyl (C=O) groups is 1. The molecule has 2 atom stereocenters. The Kier molecular flexibility index (Phi) is 7.69. The summed E-state index contributed by atoms with van der Waals surface area (Å²) in [6.07, 6.45) is 1.94. The van der Waals surface area contributed by atoms with Crippen LogP contribution in [0, 0.1) is 11.3 Å². The van der Waals surface area contributed by atoms with E-state index < -0.39 is 24.0 Å². The van der Waals surface area contributed by atoms with Gasteiger partial charge in [0.1, 0.15) is 5.69 Å². The van der Waals surface area contributed by atoms with Gasteiger partial charge in [0.25, 0.3) is 0 Å². The SMILES string of the molecule is CCCC1(CCC)CCC(CNC(=O)NCc2ccnc(C(F)(F)F)c2)C1O. The number of urea groups is 1. The normalized spacial score (nSPS) is 21.5. The second-order valence-corrected chi connectivity index (χ2v) is 7.72. The molecule has 1 aliphatic carbocycles. The molecular formula is C20H30F3N3O2. The van der Waals surface area contributed by atoms with Gasteiger partial charge in [0.2, 0.25) is 0 Å². The first-order valence-electron chi connectivity index (χ1n) is 9.93. The summed E-state index contributed by atoms with van der Waals surface area (Å²) < 4.78 is 38.1. The minimum atomic E-state index is -4.51. The number of carbonyl (C=O) groups excluding carboxylic acids is 1. The van der Waals surface area contributed by atoms with Crippen molar-refractivity contribution in [2.24, 2.45) is 11.3 Å². The maximum atomic E-state index is 12.7. The molecular weight excluding hydrogens is 371 g/mol. The van der Waals surface area contributed by atoms with Crippen LogP contribution >= 0.6 is 0 Å². The summed E-state index contributed by atoms with van der Waals surface area (Å²) in [5.41, 5.74) is -0.718. The minimum Gasteiger partial charge on any atom is -0.392 e. The zero-order chi connectivity index (χ0) is 20.8. The third kappa shape index (κ3) is 5.59. The van der Waals surface area contributed by atoms with Gasteiger partial charge in [-0.15, -0.1) is 0 Å². The second-order valence-electron chi connectivity index (χ2n) is 7.72. The Balaban J connectivity index is 1.83. The minimum absolute atomic E-state index is 0.00149. The molecule has 1 aromatic rings. The largest absolute Gasteiger partial charge is 0.433 e. The summed E-state index contributed by atoms with van der Waals surface area (Å²) in [7, 11) is 0. The van der Waals surface area contributed by atoms with E-state index in [1.54, 1.807) is 0 Å². The molecule has 0 aromatic carbocycles. The van der Waals surface area contributed by atoms with Crippen molar-refractivity contribution < 1.29 is 23.1 Å². The van der Waals surface area contributed by atoms with Crippen LogP contribution in [0.15, 0.2) is 18.3 Å². The van der Waals surface area contributed by atoms with Crippen molar-refractivity contribution in [3.63, 3.8) is 0 Å². The summed E-state index contributed by atoms with van der Waals surface area (Å²) in [4.78, 5) is 15.3. The van der Waals surface area contributed by atoms with Gasteiger partial charge in [0.15, 0.2) is 0 Å². The molecule has 0 aliphatic heterocycles. The zero-order valence-electron chi connectivity index (χ0n) is 16.5. The molecule has 0 saturated heterocycles. The van der Waals surface area contributed by atoms with Crippen LogP contribution in [-0.2, 0) is 12.7 Å². The number of rotatable bonds is 8. The molecule has 28 heavy (non-hydrogen) atoms. The van der Waals surface area contributed by atoms with Crippen LogP contribution in [0.1, 0.15) is 63.6 Å². The second kappa shape index (κ2) is 9.58. The first-order chi connectivity index (χ1) is 13.2. The van der Waals surface area contributed by atoms with E-state index in [-0.39, 0.29) is 17.9 Å². The molecule has 0 spiro atoms. The number of nitrogens with zero attached hydrogens (tertiary/aromatic N) is 1. The molecule has 1 fully saturated rings. The van der Waals surface area contributed by atoms with Crippen molar-refractivity contribution in [1.29, 1.82) is 0 Å². The number of hydrogen-bond acceptors (Lipinski definition) is 3. The highest BCUT2D eigenvalue weighted by atomic mass is 19.4. The predicted molar refractivity (Wildman–Crippen MR) is 100 cm³/mol. The fourth-order valence-electron chi connectivity index (χ4n) is 4.37. The van der Waals surface area contributed by atoms with E-state index in [9.17, 15) is 23.1 Å². The van der Waals surface area contributed by atoms with E-state index in [1.807, 2.05) is 0 Å². The smallest absolute Gasteiger partial charge is 0.392 e. The maximum absolute atomic E-state index is 12.7. The lowest BCUT2D eigenvalue weighted by atomic mass is 9.75. The Labute approximate surface area is 164 Å². The van der Waals surface area contributed by atoms with Crippen LogP contribution in [0.4, 0.5) is 18.0 Å². The molecule has 0 radical (unpaired) electrons. The van der Waals surface area contributed by atoms with E-state index >= 15 is 0 Å². The molecule has 1 aliphatic rings. The lowest BCUT2D eigenvalue weighted by Crippen LogP contribution is -2.42. The zero-order valence-corrected chi connectivity index (χ0v) is 16.5. The average molecular weight is 401 g/mol. The summed E-state index contributed by atoms with van der Waals surface area (Å²) in [5.74, 6) is 0.00149. The molecule has 3 N–H and O–H groups in total. The van der Waals surface area contributed by atoms with Gasteiger partial charge in [-0.3, -0.25) is 4.98 Å². The van der Waals surface area contributed by atoms with Gasteiger partial charge < -0.3 is 15.7 Å². The van der Waals surface area contributed by atoms with Gasteiger partial charge in [0.05, 0.1) is 6.10 Å². The molecule has 5 nitrogen and oxygen atoms in total. The lowest BCUT2D eigenvalue weighted by molar-refractivity contribution is -0.141. The number of alkyl halides is 3. The number of halogens is 3. The monoisotopic (exact) mass is 401 g/mol. The van der Waals surface area contributed by atoms with Crippen molar-refractivity contribution in [3.8, 4) is 0 Å². The van der Waals surface area contributed by atoms with Crippen LogP contribution in [0.25, 0.3) is 0 Å². The van der Waals surface area contributed by atoms with Crippen LogP contribution in [0.3, 0.4) is 0 Å². The Morgan fingerprint density at radius 3 is 2.57 bits per heavy atom. The summed E-state index contributed by atoms with van der Waals surface area (Å²) in [6.45, 7) is 4.56. The summed E-state index contributed by atoms with van der Waals surface area (Å²) >= 11 is 0. The lowest BCUT2D eigenvalue weighted by Gasteiger charge is -2.34. The first-order valence-corrected chi connectivity index (χ1v) is 9.93. The highest BCUT2D eigenvalue weighted by Gasteiger charge is 2.46. The number of nitrogens with one attached hydrogen (secondary N) is 2. The Morgan fingerprint density at radius 1 is 1.29 bits per heavy atom.